The van der Waals surface area contributed by atoms with Gasteiger partial charge in [0, 0.05) is 6.07 Å². The molecule has 1 aromatic heterocycles. The van der Waals surface area contributed by atoms with Crippen LogP contribution in [0.25, 0.3) is 0 Å². The summed E-state index contributed by atoms with van der Waals surface area (Å²) < 4.78 is 4.94. The van der Waals surface area contributed by atoms with Crippen molar-refractivity contribution in [2.75, 3.05) is 13.7 Å². The summed E-state index contributed by atoms with van der Waals surface area (Å²) in [5.74, 6) is 0.333. The van der Waals surface area contributed by atoms with Crippen LogP contribution in [0.2, 0.25) is 0 Å². The molecule has 0 spiro atoms. The zero-order valence-corrected chi connectivity index (χ0v) is 7.99. The smallest absolute Gasteiger partial charge is 0.234 e. The maximum Gasteiger partial charge on any atom is 0.234 e. The van der Waals surface area contributed by atoms with Crippen molar-refractivity contribution in [3.8, 4) is 5.88 Å². The number of nitrogens with zero attached hydrogens (tertiary/aromatic N) is 1. The second-order valence-corrected chi connectivity index (χ2v) is 2.65. The summed E-state index contributed by atoms with van der Waals surface area (Å²) in [6.45, 7) is 0.358. The fraction of sp³-hybridized carbons (Fsp3) is 0.333. The van der Waals surface area contributed by atoms with Crippen LogP contribution in [0.4, 0.5) is 0 Å². The van der Waals surface area contributed by atoms with E-state index in [1.165, 1.54) is 0 Å². The molecule has 0 bridgehead atoms. The van der Waals surface area contributed by atoms with Gasteiger partial charge in [0.15, 0.2) is 0 Å². The van der Waals surface area contributed by atoms with E-state index in [9.17, 15) is 4.79 Å². The van der Waals surface area contributed by atoms with Crippen molar-refractivity contribution in [3.05, 3.63) is 23.9 Å². The zero-order valence-electron chi connectivity index (χ0n) is 7.99. The fourth-order valence-electron chi connectivity index (χ4n) is 0.931. The molecule has 1 heterocycles. The summed E-state index contributed by atoms with van der Waals surface area (Å²) in [7, 11) is 1.55. The molecule has 0 aliphatic carbocycles. The molecule has 1 amide bonds. The van der Waals surface area contributed by atoms with E-state index in [1.807, 2.05) is 6.07 Å². The molecule has 0 saturated heterocycles. The molecule has 1 aromatic rings. The molecule has 5 heteroatoms. The maximum absolute atomic E-state index is 10.8. The Kier molecular flexibility index (Phi) is 3.87. The molecule has 1 rings (SSSR count). The van der Waals surface area contributed by atoms with Gasteiger partial charge in [0.05, 0.1) is 25.9 Å². The van der Waals surface area contributed by atoms with Gasteiger partial charge in [-0.15, -0.1) is 0 Å². The first-order valence-corrected chi connectivity index (χ1v) is 4.23. The lowest BCUT2D eigenvalue weighted by Gasteiger charge is -2.04. The molecular weight excluding hydrogens is 182 g/mol. The molecule has 3 N–H and O–H groups in total. The summed E-state index contributed by atoms with van der Waals surface area (Å²) in [5.41, 5.74) is 5.88. The lowest BCUT2D eigenvalue weighted by atomic mass is 10.3. The highest BCUT2D eigenvalue weighted by atomic mass is 16.5. The van der Waals surface area contributed by atoms with Gasteiger partial charge < -0.3 is 15.8 Å². The van der Waals surface area contributed by atoms with Gasteiger partial charge in [0.1, 0.15) is 0 Å². The number of nitrogens with one attached hydrogen (secondary N) is 1. The van der Waals surface area contributed by atoms with Crippen LogP contribution in [-0.2, 0) is 11.3 Å². The second-order valence-electron chi connectivity index (χ2n) is 2.65. The predicted molar refractivity (Wildman–Crippen MR) is 51.7 cm³/mol. The number of carbonyl (C=O) groups excluding carboxylic acids is 1. The van der Waals surface area contributed by atoms with Gasteiger partial charge in [-0.05, 0) is 6.07 Å². The van der Waals surface area contributed by atoms with Crippen molar-refractivity contribution in [2.45, 2.75) is 6.54 Å². The zero-order chi connectivity index (χ0) is 10.4. The van der Waals surface area contributed by atoms with Crippen LogP contribution in [0.1, 0.15) is 5.69 Å². The lowest BCUT2D eigenvalue weighted by Crippen LogP contribution is -2.29. The molecule has 0 aliphatic rings. The largest absolute Gasteiger partial charge is 0.481 e. The summed E-state index contributed by atoms with van der Waals surface area (Å²) in [6.07, 6.45) is 0. The predicted octanol–water partition coefficient (Wildman–Crippen LogP) is -0.335. The van der Waals surface area contributed by atoms with Crippen molar-refractivity contribution in [1.82, 2.24) is 10.3 Å². The minimum Gasteiger partial charge on any atom is -0.481 e. The molecule has 0 aliphatic heterocycles. The topological polar surface area (TPSA) is 77.2 Å². The Balaban J connectivity index is 2.54. The number of amides is 1. The second kappa shape index (κ2) is 5.18. The summed E-state index contributed by atoms with van der Waals surface area (Å²) >= 11 is 0. The summed E-state index contributed by atoms with van der Waals surface area (Å²) in [5, 5.41) is 2.62. The van der Waals surface area contributed by atoms with Crippen LogP contribution >= 0.6 is 0 Å². The van der Waals surface area contributed by atoms with Crippen molar-refractivity contribution < 1.29 is 9.53 Å². The lowest BCUT2D eigenvalue weighted by molar-refractivity contribution is -0.119. The third-order valence-electron chi connectivity index (χ3n) is 1.64. The van der Waals surface area contributed by atoms with E-state index in [2.05, 4.69) is 10.3 Å². The Hall–Kier alpha value is -1.62. The van der Waals surface area contributed by atoms with Gasteiger partial charge in [-0.3, -0.25) is 4.79 Å². The monoisotopic (exact) mass is 195 g/mol. The molecule has 0 saturated carbocycles. The van der Waals surface area contributed by atoms with Gasteiger partial charge in [-0.2, -0.15) is 0 Å². The molecule has 76 valence electrons. The van der Waals surface area contributed by atoms with Crippen molar-refractivity contribution in [1.29, 1.82) is 0 Å². The minimum absolute atomic E-state index is 0.00995. The first kappa shape index (κ1) is 10.5. The van der Waals surface area contributed by atoms with Crippen LogP contribution in [-0.4, -0.2) is 24.5 Å². The molecule has 5 nitrogen and oxygen atoms in total. The Bertz CT molecular complexity index is 315. The number of nitrogens with two attached hydrogens (primary N) is 1. The summed E-state index contributed by atoms with van der Waals surface area (Å²) in [4.78, 5) is 15.0. The number of aromatic nitrogens is 1. The van der Waals surface area contributed by atoms with Crippen molar-refractivity contribution >= 4 is 5.91 Å². The maximum atomic E-state index is 10.8. The Morgan fingerprint density at radius 3 is 3.07 bits per heavy atom. The first-order valence-electron chi connectivity index (χ1n) is 4.23. The Labute approximate surface area is 82.3 Å². The number of rotatable bonds is 4. The molecule has 14 heavy (non-hydrogen) atoms. The number of pyridine rings is 1. The van der Waals surface area contributed by atoms with Gasteiger partial charge in [0.2, 0.25) is 11.8 Å². The third-order valence-corrected chi connectivity index (χ3v) is 1.64. The highest BCUT2D eigenvalue weighted by molar-refractivity contribution is 5.77. The van der Waals surface area contributed by atoms with Crippen molar-refractivity contribution in [3.63, 3.8) is 0 Å². The van der Waals surface area contributed by atoms with E-state index >= 15 is 0 Å². The quantitative estimate of drug-likeness (QED) is 0.689. The first-order chi connectivity index (χ1) is 6.76. The van der Waals surface area contributed by atoms with Crippen LogP contribution in [0.5, 0.6) is 5.88 Å². The fourth-order valence-corrected chi connectivity index (χ4v) is 0.931. The standard InChI is InChI=1S/C9H13N3O2/c1-14-9-4-2-3-7(12-9)6-11-8(13)5-10/h2-4H,5-6,10H2,1H3,(H,11,13). The molecule has 0 aromatic carbocycles. The normalized spacial score (nSPS) is 9.57. The van der Waals surface area contributed by atoms with E-state index in [-0.39, 0.29) is 12.5 Å². The molecule has 0 fully saturated rings. The van der Waals surface area contributed by atoms with Crippen molar-refractivity contribution in [2.24, 2.45) is 5.73 Å². The highest BCUT2D eigenvalue weighted by Gasteiger charge is 1.99. The third kappa shape index (κ3) is 3.02. The van der Waals surface area contributed by atoms with Crippen LogP contribution in [0.15, 0.2) is 18.2 Å². The highest BCUT2D eigenvalue weighted by Crippen LogP contribution is 2.05. The van der Waals surface area contributed by atoms with Crippen LogP contribution in [0, 0.1) is 0 Å². The minimum atomic E-state index is -0.199. The molecule has 0 unspecified atom stereocenters. The van der Waals surface area contributed by atoms with Crippen LogP contribution in [0.3, 0.4) is 0 Å². The molecule has 0 radical (unpaired) electrons. The van der Waals surface area contributed by atoms with E-state index in [4.69, 9.17) is 10.5 Å². The number of hydrogen-bond acceptors (Lipinski definition) is 4. The number of carbonyl (C=O) groups is 1. The van der Waals surface area contributed by atoms with Gasteiger partial charge in [-0.1, -0.05) is 6.07 Å². The van der Waals surface area contributed by atoms with Crippen LogP contribution < -0.4 is 15.8 Å². The average Bonchev–Trinajstić information content (AvgIpc) is 2.26. The van der Waals surface area contributed by atoms with E-state index in [0.717, 1.165) is 5.69 Å². The Morgan fingerprint density at radius 2 is 2.43 bits per heavy atom. The summed E-state index contributed by atoms with van der Waals surface area (Å²) in [6, 6.07) is 5.36. The number of hydrogen-bond donors (Lipinski definition) is 2. The molecular formula is C9H13N3O2. The molecule has 0 atom stereocenters. The number of methoxy groups -OCH3 is 1. The SMILES string of the molecule is COc1cccc(CNC(=O)CN)n1. The van der Waals surface area contributed by atoms with Gasteiger partial charge >= 0.3 is 0 Å². The van der Waals surface area contributed by atoms with E-state index in [0.29, 0.717) is 12.4 Å². The Morgan fingerprint density at radius 1 is 1.64 bits per heavy atom. The number of ether oxygens (including phenoxy) is 1. The van der Waals surface area contributed by atoms with Gasteiger partial charge in [0.25, 0.3) is 0 Å². The van der Waals surface area contributed by atoms with Gasteiger partial charge in [-0.25, -0.2) is 4.98 Å². The van der Waals surface area contributed by atoms with E-state index in [1.54, 1.807) is 19.2 Å². The average molecular weight is 195 g/mol. The van der Waals surface area contributed by atoms with E-state index < -0.39 is 0 Å².